The van der Waals surface area contributed by atoms with E-state index in [2.05, 4.69) is 15.9 Å². The third-order valence-corrected chi connectivity index (χ3v) is 2.02. The second-order valence-electron chi connectivity index (χ2n) is 2.40. The lowest BCUT2D eigenvalue weighted by atomic mass is 10.1. The number of benzene rings is 1. The van der Waals surface area contributed by atoms with Crippen molar-refractivity contribution in [3.05, 3.63) is 34.3 Å². The SMILES string of the molecule is Cl.NC[C@@H](N)c1cccc(Br)c1. The predicted octanol–water partition coefficient (Wildman–Crippen LogP) is 1.83. The van der Waals surface area contributed by atoms with Crippen LogP contribution in [-0.2, 0) is 0 Å². The quantitative estimate of drug-likeness (QED) is 0.842. The average molecular weight is 252 g/mol. The minimum Gasteiger partial charge on any atom is -0.329 e. The van der Waals surface area contributed by atoms with Gasteiger partial charge in [0.25, 0.3) is 0 Å². The molecular weight excluding hydrogens is 239 g/mol. The molecular formula is C8H12BrClN2. The molecule has 1 rings (SSSR count). The average Bonchev–Trinajstić information content (AvgIpc) is 2.03. The number of halogens is 2. The van der Waals surface area contributed by atoms with Crippen molar-refractivity contribution in [1.82, 2.24) is 0 Å². The molecule has 0 bridgehead atoms. The predicted molar refractivity (Wildman–Crippen MR) is 57.4 cm³/mol. The topological polar surface area (TPSA) is 52.0 Å². The molecule has 0 aromatic heterocycles. The fourth-order valence-corrected chi connectivity index (χ4v) is 1.29. The van der Waals surface area contributed by atoms with Crippen LogP contribution >= 0.6 is 28.3 Å². The summed E-state index contributed by atoms with van der Waals surface area (Å²) in [5.41, 5.74) is 12.2. The zero-order valence-electron chi connectivity index (χ0n) is 6.53. The molecule has 0 aliphatic carbocycles. The molecule has 0 unspecified atom stereocenters. The van der Waals surface area contributed by atoms with Crippen molar-refractivity contribution in [2.24, 2.45) is 11.5 Å². The van der Waals surface area contributed by atoms with E-state index >= 15 is 0 Å². The fourth-order valence-electron chi connectivity index (χ4n) is 0.873. The maximum Gasteiger partial charge on any atom is 0.0419 e. The highest BCUT2D eigenvalue weighted by Gasteiger charge is 2.01. The zero-order valence-corrected chi connectivity index (χ0v) is 8.94. The highest BCUT2D eigenvalue weighted by atomic mass is 79.9. The molecule has 0 spiro atoms. The molecule has 68 valence electrons. The van der Waals surface area contributed by atoms with Gasteiger partial charge in [-0.2, -0.15) is 0 Å². The third kappa shape index (κ3) is 3.11. The van der Waals surface area contributed by atoms with Gasteiger partial charge in [0, 0.05) is 17.1 Å². The third-order valence-electron chi connectivity index (χ3n) is 1.53. The van der Waals surface area contributed by atoms with E-state index in [9.17, 15) is 0 Å². The summed E-state index contributed by atoms with van der Waals surface area (Å²) >= 11 is 3.36. The minimum absolute atomic E-state index is 0. The van der Waals surface area contributed by atoms with E-state index in [1.807, 2.05) is 24.3 Å². The molecule has 2 nitrogen and oxygen atoms in total. The molecule has 0 aliphatic rings. The Morgan fingerprint density at radius 2 is 2.08 bits per heavy atom. The lowest BCUT2D eigenvalue weighted by Crippen LogP contribution is -2.20. The Hall–Kier alpha value is -0.0900. The van der Waals surface area contributed by atoms with Crippen LogP contribution in [0.1, 0.15) is 11.6 Å². The molecule has 4 N–H and O–H groups in total. The van der Waals surface area contributed by atoms with E-state index < -0.39 is 0 Å². The van der Waals surface area contributed by atoms with Gasteiger partial charge < -0.3 is 11.5 Å². The van der Waals surface area contributed by atoms with E-state index in [4.69, 9.17) is 11.5 Å². The summed E-state index contributed by atoms with van der Waals surface area (Å²) in [6, 6.07) is 7.83. The molecule has 12 heavy (non-hydrogen) atoms. The van der Waals surface area contributed by atoms with Gasteiger partial charge in [-0.1, -0.05) is 28.1 Å². The zero-order chi connectivity index (χ0) is 8.27. The molecule has 0 amide bonds. The largest absolute Gasteiger partial charge is 0.329 e. The molecule has 0 heterocycles. The van der Waals surface area contributed by atoms with Gasteiger partial charge in [-0.15, -0.1) is 12.4 Å². The van der Waals surface area contributed by atoms with Gasteiger partial charge in [-0.05, 0) is 17.7 Å². The Morgan fingerprint density at radius 3 is 2.58 bits per heavy atom. The maximum absolute atomic E-state index is 5.72. The molecule has 0 aliphatic heterocycles. The molecule has 1 aromatic rings. The van der Waals surface area contributed by atoms with Crippen LogP contribution < -0.4 is 11.5 Å². The molecule has 0 saturated carbocycles. The van der Waals surface area contributed by atoms with E-state index in [1.54, 1.807) is 0 Å². The second-order valence-corrected chi connectivity index (χ2v) is 3.31. The summed E-state index contributed by atoms with van der Waals surface area (Å²) in [4.78, 5) is 0. The monoisotopic (exact) mass is 250 g/mol. The first-order valence-electron chi connectivity index (χ1n) is 3.45. The fraction of sp³-hybridized carbons (Fsp3) is 0.250. The first kappa shape index (κ1) is 11.9. The Bertz CT molecular complexity index is 242. The molecule has 1 aromatic carbocycles. The van der Waals surface area contributed by atoms with Gasteiger partial charge in [0.1, 0.15) is 0 Å². The second kappa shape index (κ2) is 5.54. The van der Waals surface area contributed by atoms with Crippen LogP contribution in [0.5, 0.6) is 0 Å². The van der Waals surface area contributed by atoms with Crippen molar-refractivity contribution in [3.63, 3.8) is 0 Å². The van der Waals surface area contributed by atoms with Crippen molar-refractivity contribution in [1.29, 1.82) is 0 Å². The van der Waals surface area contributed by atoms with Gasteiger partial charge in [0.15, 0.2) is 0 Å². The van der Waals surface area contributed by atoms with E-state index in [0.717, 1.165) is 10.0 Å². The number of hydrogen-bond acceptors (Lipinski definition) is 2. The van der Waals surface area contributed by atoms with E-state index in [1.165, 1.54) is 0 Å². The number of hydrogen-bond donors (Lipinski definition) is 2. The standard InChI is InChI=1S/C8H11BrN2.ClH/c9-7-3-1-2-6(4-7)8(11)5-10;/h1-4,8H,5,10-11H2;1H/t8-;/m1./s1. The van der Waals surface area contributed by atoms with Crippen molar-refractivity contribution >= 4 is 28.3 Å². The van der Waals surface area contributed by atoms with Crippen molar-refractivity contribution < 1.29 is 0 Å². The smallest absolute Gasteiger partial charge is 0.0419 e. The van der Waals surface area contributed by atoms with Gasteiger partial charge in [0.2, 0.25) is 0 Å². The first-order valence-corrected chi connectivity index (χ1v) is 4.24. The summed E-state index contributed by atoms with van der Waals surface area (Å²) in [7, 11) is 0. The van der Waals surface area contributed by atoms with Gasteiger partial charge in [-0.25, -0.2) is 0 Å². The van der Waals surface area contributed by atoms with Crippen molar-refractivity contribution in [2.75, 3.05) is 6.54 Å². The number of rotatable bonds is 2. The molecule has 4 heteroatoms. The van der Waals surface area contributed by atoms with Crippen LogP contribution in [0, 0.1) is 0 Å². The van der Waals surface area contributed by atoms with Crippen LogP contribution in [0.2, 0.25) is 0 Å². The van der Waals surface area contributed by atoms with Gasteiger partial charge in [0.05, 0.1) is 0 Å². The Labute approximate surface area is 86.9 Å². The Balaban J connectivity index is 0.00000121. The number of nitrogens with two attached hydrogens (primary N) is 2. The van der Waals surface area contributed by atoms with Crippen LogP contribution in [0.25, 0.3) is 0 Å². The summed E-state index contributed by atoms with van der Waals surface area (Å²) < 4.78 is 1.04. The maximum atomic E-state index is 5.72. The van der Waals surface area contributed by atoms with Crippen LogP contribution in [-0.4, -0.2) is 6.54 Å². The lowest BCUT2D eigenvalue weighted by Gasteiger charge is -2.08. The van der Waals surface area contributed by atoms with Crippen LogP contribution in [0.3, 0.4) is 0 Å². The summed E-state index contributed by atoms with van der Waals surface area (Å²) in [6.45, 7) is 0.483. The van der Waals surface area contributed by atoms with Crippen LogP contribution in [0.4, 0.5) is 0 Å². The highest BCUT2D eigenvalue weighted by molar-refractivity contribution is 9.10. The molecule has 1 atom stereocenters. The minimum atomic E-state index is -0.0486. The van der Waals surface area contributed by atoms with Crippen molar-refractivity contribution in [2.45, 2.75) is 6.04 Å². The van der Waals surface area contributed by atoms with E-state index in [0.29, 0.717) is 6.54 Å². The van der Waals surface area contributed by atoms with Crippen molar-refractivity contribution in [3.8, 4) is 0 Å². The molecule has 0 saturated heterocycles. The van der Waals surface area contributed by atoms with Gasteiger partial charge >= 0.3 is 0 Å². The first-order chi connectivity index (χ1) is 5.24. The molecule has 0 fully saturated rings. The Kier molecular flexibility index (Phi) is 5.50. The summed E-state index contributed by atoms with van der Waals surface area (Å²) in [5, 5.41) is 0. The van der Waals surface area contributed by atoms with E-state index in [-0.39, 0.29) is 18.4 Å². The summed E-state index contributed by atoms with van der Waals surface area (Å²) in [6.07, 6.45) is 0. The normalized spacial score (nSPS) is 11.9. The lowest BCUT2D eigenvalue weighted by molar-refractivity contribution is 0.736. The van der Waals surface area contributed by atoms with Gasteiger partial charge in [-0.3, -0.25) is 0 Å². The van der Waals surface area contributed by atoms with Crippen LogP contribution in [0.15, 0.2) is 28.7 Å². The molecule has 0 radical (unpaired) electrons. The highest BCUT2D eigenvalue weighted by Crippen LogP contribution is 2.15. The Morgan fingerprint density at radius 1 is 1.42 bits per heavy atom. The summed E-state index contributed by atoms with van der Waals surface area (Å²) in [5.74, 6) is 0.